The predicted octanol–water partition coefficient (Wildman–Crippen LogP) is 3.23. The van der Waals surface area contributed by atoms with E-state index in [1.807, 2.05) is 0 Å². The van der Waals surface area contributed by atoms with Gasteiger partial charge in [0.2, 0.25) is 5.88 Å². The number of aromatic nitrogens is 2. The Bertz CT molecular complexity index is 884. The summed E-state index contributed by atoms with van der Waals surface area (Å²) in [7, 11) is 0. The Labute approximate surface area is 148 Å². The molecular weight excluding hydrogens is 340 g/mol. The van der Waals surface area contributed by atoms with Crippen LogP contribution in [0, 0.1) is 11.6 Å². The van der Waals surface area contributed by atoms with Crippen LogP contribution in [-0.2, 0) is 0 Å². The standard InChI is InChI=1S/C19H15F2N3O2/c20-14-7-5-13(6-8-14)17-9-10-18(24-23-17)26-12-11-22-19(25)15-3-1-2-4-16(15)21/h1-10H,11-12H2,(H,22,25). The van der Waals surface area contributed by atoms with Crippen molar-refractivity contribution in [2.75, 3.05) is 13.2 Å². The fourth-order valence-corrected chi connectivity index (χ4v) is 2.23. The molecule has 0 radical (unpaired) electrons. The minimum Gasteiger partial charge on any atom is -0.475 e. The molecule has 0 aliphatic carbocycles. The van der Waals surface area contributed by atoms with Gasteiger partial charge >= 0.3 is 0 Å². The van der Waals surface area contributed by atoms with E-state index in [0.29, 0.717) is 5.69 Å². The van der Waals surface area contributed by atoms with Crippen molar-refractivity contribution in [2.24, 2.45) is 0 Å². The molecule has 1 heterocycles. The predicted molar refractivity (Wildman–Crippen MR) is 91.7 cm³/mol. The lowest BCUT2D eigenvalue weighted by Crippen LogP contribution is -2.28. The molecule has 5 nitrogen and oxygen atoms in total. The molecule has 0 saturated heterocycles. The van der Waals surface area contributed by atoms with Crippen LogP contribution >= 0.6 is 0 Å². The first kappa shape index (κ1) is 17.5. The Balaban J connectivity index is 1.49. The number of nitrogens with one attached hydrogen (secondary N) is 1. The second kappa shape index (κ2) is 8.15. The van der Waals surface area contributed by atoms with Crippen molar-refractivity contribution >= 4 is 5.91 Å². The lowest BCUT2D eigenvalue weighted by atomic mass is 10.1. The molecule has 0 saturated carbocycles. The Kier molecular flexibility index (Phi) is 5.48. The third-order valence-corrected chi connectivity index (χ3v) is 3.54. The molecule has 1 N–H and O–H groups in total. The second-order valence-electron chi connectivity index (χ2n) is 5.35. The van der Waals surface area contributed by atoms with Crippen LogP contribution in [0.4, 0.5) is 8.78 Å². The molecule has 2 aromatic carbocycles. The van der Waals surface area contributed by atoms with Crippen LogP contribution in [0.1, 0.15) is 10.4 Å². The fraction of sp³-hybridized carbons (Fsp3) is 0.105. The fourth-order valence-electron chi connectivity index (χ4n) is 2.23. The van der Waals surface area contributed by atoms with Gasteiger partial charge in [0.15, 0.2) is 0 Å². The largest absolute Gasteiger partial charge is 0.475 e. The summed E-state index contributed by atoms with van der Waals surface area (Å²) in [4.78, 5) is 11.8. The lowest BCUT2D eigenvalue weighted by molar-refractivity contribution is 0.0942. The molecule has 3 rings (SSSR count). The Morgan fingerprint density at radius 1 is 0.962 bits per heavy atom. The van der Waals surface area contributed by atoms with Gasteiger partial charge in [-0.1, -0.05) is 12.1 Å². The van der Waals surface area contributed by atoms with Crippen LogP contribution in [-0.4, -0.2) is 29.3 Å². The first-order chi connectivity index (χ1) is 12.6. The molecule has 0 fully saturated rings. The summed E-state index contributed by atoms with van der Waals surface area (Å²) in [6.45, 7) is 0.347. The van der Waals surface area contributed by atoms with Crippen LogP contribution in [0.5, 0.6) is 5.88 Å². The molecule has 0 aliphatic heterocycles. The highest BCUT2D eigenvalue weighted by atomic mass is 19.1. The maximum atomic E-state index is 13.5. The van der Waals surface area contributed by atoms with Crippen molar-refractivity contribution in [1.29, 1.82) is 0 Å². The molecule has 3 aromatic rings. The maximum Gasteiger partial charge on any atom is 0.254 e. The number of carbonyl (C=O) groups excluding carboxylic acids is 1. The van der Waals surface area contributed by atoms with Crippen LogP contribution in [0.25, 0.3) is 11.3 Å². The summed E-state index contributed by atoms with van der Waals surface area (Å²) in [6, 6.07) is 15.0. The van der Waals surface area contributed by atoms with Gasteiger partial charge in [0, 0.05) is 11.6 Å². The minimum atomic E-state index is -0.576. The van der Waals surface area contributed by atoms with Crippen molar-refractivity contribution in [1.82, 2.24) is 15.5 Å². The van der Waals surface area contributed by atoms with Gasteiger partial charge < -0.3 is 10.1 Å². The van der Waals surface area contributed by atoms with Crippen molar-refractivity contribution < 1.29 is 18.3 Å². The molecule has 0 atom stereocenters. The molecular formula is C19H15F2N3O2. The number of carbonyl (C=O) groups is 1. The van der Waals surface area contributed by atoms with E-state index >= 15 is 0 Å². The summed E-state index contributed by atoms with van der Waals surface area (Å²) < 4.78 is 31.8. The average Bonchev–Trinajstić information content (AvgIpc) is 2.66. The molecule has 0 aliphatic rings. The topological polar surface area (TPSA) is 64.1 Å². The summed E-state index contributed by atoms with van der Waals surface area (Å²) in [6.07, 6.45) is 0. The van der Waals surface area contributed by atoms with Crippen molar-refractivity contribution in [3.8, 4) is 17.1 Å². The van der Waals surface area contributed by atoms with E-state index in [-0.39, 0.29) is 30.4 Å². The van der Waals surface area contributed by atoms with Crippen LogP contribution in [0.15, 0.2) is 60.7 Å². The number of halogens is 2. The van der Waals surface area contributed by atoms with E-state index in [1.165, 1.54) is 30.3 Å². The summed E-state index contributed by atoms with van der Waals surface area (Å²) >= 11 is 0. The SMILES string of the molecule is O=C(NCCOc1ccc(-c2ccc(F)cc2)nn1)c1ccccc1F. The van der Waals surface area contributed by atoms with Gasteiger partial charge in [-0.25, -0.2) is 8.78 Å². The van der Waals surface area contributed by atoms with Gasteiger partial charge in [-0.2, -0.15) is 0 Å². The van der Waals surface area contributed by atoms with Crippen LogP contribution < -0.4 is 10.1 Å². The van der Waals surface area contributed by atoms with Gasteiger partial charge in [0.05, 0.1) is 17.8 Å². The summed E-state index contributed by atoms with van der Waals surface area (Å²) in [5, 5.41) is 10.5. The van der Waals surface area contributed by atoms with Crippen molar-refractivity contribution in [3.05, 3.63) is 77.9 Å². The normalized spacial score (nSPS) is 10.4. The number of rotatable bonds is 6. The Hall–Kier alpha value is -3.35. The molecule has 132 valence electrons. The number of ether oxygens (including phenoxy) is 1. The van der Waals surface area contributed by atoms with E-state index in [0.717, 1.165) is 5.56 Å². The first-order valence-corrected chi connectivity index (χ1v) is 7.89. The summed E-state index contributed by atoms with van der Waals surface area (Å²) in [5.41, 5.74) is 1.31. The Morgan fingerprint density at radius 3 is 2.42 bits per heavy atom. The van der Waals surface area contributed by atoms with E-state index < -0.39 is 11.7 Å². The van der Waals surface area contributed by atoms with Gasteiger partial charge in [0.25, 0.3) is 5.91 Å². The number of hydrogen-bond donors (Lipinski definition) is 1. The molecule has 0 unspecified atom stereocenters. The van der Waals surface area contributed by atoms with E-state index in [9.17, 15) is 13.6 Å². The van der Waals surface area contributed by atoms with E-state index in [4.69, 9.17) is 4.74 Å². The number of benzene rings is 2. The zero-order valence-corrected chi connectivity index (χ0v) is 13.7. The zero-order valence-electron chi connectivity index (χ0n) is 13.7. The lowest BCUT2D eigenvalue weighted by Gasteiger charge is -2.08. The number of hydrogen-bond acceptors (Lipinski definition) is 4. The van der Waals surface area contributed by atoms with E-state index in [2.05, 4.69) is 15.5 Å². The molecule has 0 bridgehead atoms. The highest BCUT2D eigenvalue weighted by Crippen LogP contribution is 2.18. The minimum absolute atomic E-state index is 0.0176. The van der Waals surface area contributed by atoms with Gasteiger partial charge in [-0.15, -0.1) is 10.2 Å². The summed E-state index contributed by atoms with van der Waals surface area (Å²) in [5.74, 6) is -1.12. The third kappa shape index (κ3) is 4.38. The van der Waals surface area contributed by atoms with E-state index in [1.54, 1.807) is 30.3 Å². The highest BCUT2D eigenvalue weighted by Gasteiger charge is 2.10. The van der Waals surface area contributed by atoms with Gasteiger partial charge in [-0.3, -0.25) is 4.79 Å². The number of amides is 1. The van der Waals surface area contributed by atoms with Gasteiger partial charge in [-0.05, 0) is 42.5 Å². The maximum absolute atomic E-state index is 13.5. The van der Waals surface area contributed by atoms with Crippen LogP contribution in [0.3, 0.4) is 0 Å². The highest BCUT2D eigenvalue weighted by molar-refractivity contribution is 5.94. The molecule has 26 heavy (non-hydrogen) atoms. The van der Waals surface area contributed by atoms with Crippen molar-refractivity contribution in [2.45, 2.75) is 0 Å². The average molecular weight is 355 g/mol. The number of nitrogens with zero attached hydrogens (tertiary/aromatic N) is 2. The smallest absolute Gasteiger partial charge is 0.254 e. The Morgan fingerprint density at radius 2 is 1.73 bits per heavy atom. The zero-order chi connectivity index (χ0) is 18.4. The molecule has 7 heteroatoms. The van der Waals surface area contributed by atoms with Crippen LogP contribution in [0.2, 0.25) is 0 Å². The van der Waals surface area contributed by atoms with Gasteiger partial charge in [0.1, 0.15) is 18.2 Å². The molecule has 0 spiro atoms. The van der Waals surface area contributed by atoms with Crippen molar-refractivity contribution in [3.63, 3.8) is 0 Å². The third-order valence-electron chi connectivity index (χ3n) is 3.54. The molecule has 1 amide bonds. The first-order valence-electron chi connectivity index (χ1n) is 7.89. The second-order valence-corrected chi connectivity index (χ2v) is 5.35. The monoisotopic (exact) mass is 355 g/mol. The molecule has 1 aromatic heterocycles. The quantitative estimate of drug-likeness (QED) is 0.690.